The average molecular weight is 574 g/mol. The lowest BCUT2D eigenvalue weighted by Crippen LogP contribution is -2.41. The molecule has 1 amide bonds. The largest absolute Gasteiger partial charge is 0.381 e. The minimum atomic E-state index is -0.114. The highest BCUT2D eigenvalue weighted by Crippen LogP contribution is 2.29. The number of likely N-dealkylation sites (tertiary alicyclic amines) is 1. The lowest BCUT2D eigenvalue weighted by atomic mass is 9.90. The van der Waals surface area contributed by atoms with E-state index in [0.29, 0.717) is 59.6 Å². The van der Waals surface area contributed by atoms with Crippen LogP contribution in [0, 0.1) is 0 Å². The molecule has 0 spiro atoms. The minimum Gasteiger partial charge on any atom is -0.381 e. The summed E-state index contributed by atoms with van der Waals surface area (Å²) in [5.41, 5.74) is 1.95. The van der Waals surface area contributed by atoms with Crippen LogP contribution in [0.5, 0.6) is 0 Å². The smallest absolute Gasteiger partial charge is 0.333 e. The fraction of sp³-hybridized carbons (Fsp3) is 0.500. The number of imidazole rings is 1. The van der Waals surface area contributed by atoms with E-state index in [1.807, 2.05) is 29.0 Å². The summed E-state index contributed by atoms with van der Waals surface area (Å²) in [4.78, 5) is 37.2. The lowest BCUT2D eigenvalue weighted by Gasteiger charge is -2.34. The Morgan fingerprint density at radius 2 is 1.79 bits per heavy atom. The molecule has 2 aliphatic heterocycles. The monoisotopic (exact) mass is 572 g/mol. The van der Waals surface area contributed by atoms with E-state index in [0.717, 1.165) is 51.5 Å². The third-order valence-electron chi connectivity index (χ3n) is 8.06. The molecule has 208 valence electrons. The Morgan fingerprint density at radius 3 is 2.51 bits per heavy atom. The van der Waals surface area contributed by atoms with Crippen LogP contribution in [-0.2, 0) is 9.53 Å². The molecule has 9 nitrogen and oxygen atoms in total. The molecule has 1 N–H and O–H groups in total. The maximum Gasteiger partial charge on any atom is 0.333 e. The standard InChI is InChI=1S/C28H33ClN6O3.ClH/c29-19-3-1-4-23(17-19)35-25(18-34(28(35)37)22-11-15-38-16-12-22)24-10-13-30-27(32-24)31-20-6-8-21(9-7-20)33-14-2-5-26(33)36;/h1,3-4,10,13,17-18,20-22H,2,5-9,11-12,14-16H2,(H,30,31,32);1H. The fourth-order valence-electron chi connectivity index (χ4n) is 6.07. The average Bonchev–Trinajstić information content (AvgIpc) is 3.52. The van der Waals surface area contributed by atoms with Crippen LogP contribution in [0.1, 0.15) is 57.4 Å². The molecule has 6 rings (SSSR count). The van der Waals surface area contributed by atoms with Crippen molar-refractivity contribution >= 4 is 35.9 Å². The summed E-state index contributed by atoms with van der Waals surface area (Å²) < 4.78 is 9.02. The van der Waals surface area contributed by atoms with Crippen LogP contribution in [0.4, 0.5) is 5.95 Å². The first kappa shape index (κ1) is 27.7. The maximum absolute atomic E-state index is 13.7. The van der Waals surface area contributed by atoms with Crippen molar-refractivity contribution in [3.8, 4) is 17.1 Å². The Balaban J connectivity index is 0.00000308. The number of anilines is 1. The van der Waals surface area contributed by atoms with Gasteiger partial charge in [0.25, 0.3) is 0 Å². The van der Waals surface area contributed by atoms with E-state index in [9.17, 15) is 9.59 Å². The van der Waals surface area contributed by atoms with Crippen molar-refractivity contribution < 1.29 is 9.53 Å². The molecule has 3 aliphatic rings. The van der Waals surface area contributed by atoms with Crippen molar-refractivity contribution in [3.05, 3.63) is 58.2 Å². The predicted molar refractivity (Wildman–Crippen MR) is 153 cm³/mol. The zero-order valence-electron chi connectivity index (χ0n) is 21.8. The predicted octanol–water partition coefficient (Wildman–Crippen LogP) is 4.87. The molecule has 3 aromatic rings. The van der Waals surface area contributed by atoms with E-state index in [1.165, 1.54) is 0 Å². The second-order valence-electron chi connectivity index (χ2n) is 10.5. The zero-order valence-corrected chi connectivity index (χ0v) is 23.4. The number of ether oxygens (including phenoxy) is 1. The number of aromatic nitrogens is 4. The Kier molecular flexibility index (Phi) is 8.59. The van der Waals surface area contributed by atoms with Gasteiger partial charge in [-0.15, -0.1) is 12.4 Å². The quantitative estimate of drug-likeness (QED) is 0.453. The van der Waals surface area contributed by atoms with Gasteiger partial charge in [-0.25, -0.2) is 14.8 Å². The molecule has 0 radical (unpaired) electrons. The Labute approximate surface area is 238 Å². The highest BCUT2D eigenvalue weighted by Gasteiger charge is 2.31. The number of nitrogens with one attached hydrogen (secondary N) is 1. The van der Waals surface area contributed by atoms with Crippen LogP contribution in [0.2, 0.25) is 5.02 Å². The molecule has 2 aromatic heterocycles. The zero-order chi connectivity index (χ0) is 26.1. The minimum absolute atomic E-state index is 0. The summed E-state index contributed by atoms with van der Waals surface area (Å²) in [6, 6.07) is 9.84. The van der Waals surface area contributed by atoms with Gasteiger partial charge in [0, 0.05) is 61.7 Å². The summed E-state index contributed by atoms with van der Waals surface area (Å²) in [7, 11) is 0. The molecule has 0 bridgehead atoms. The molecule has 0 unspecified atom stereocenters. The number of rotatable bonds is 6. The van der Waals surface area contributed by atoms with Crippen molar-refractivity contribution in [3.63, 3.8) is 0 Å². The molecule has 11 heteroatoms. The number of benzene rings is 1. The van der Waals surface area contributed by atoms with Crippen LogP contribution in [0.25, 0.3) is 17.1 Å². The number of amides is 1. The molecule has 39 heavy (non-hydrogen) atoms. The van der Waals surface area contributed by atoms with Gasteiger partial charge in [0.15, 0.2) is 0 Å². The number of halogens is 2. The Hall–Kier alpha value is -2.88. The van der Waals surface area contributed by atoms with E-state index < -0.39 is 0 Å². The molecule has 1 saturated carbocycles. The van der Waals surface area contributed by atoms with Crippen LogP contribution in [0.3, 0.4) is 0 Å². The highest BCUT2D eigenvalue weighted by atomic mass is 35.5. The van der Waals surface area contributed by atoms with Crippen molar-refractivity contribution in [2.75, 3.05) is 25.1 Å². The molecule has 1 aliphatic carbocycles. The first-order valence-electron chi connectivity index (χ1n) is 13.6. The van der Waals surface area contributed by atoms with Gasteiger partial charge >= 0.3 is 5.69 Å². The van der Waals surface area contributed by atoms with E-state index in [4.69, 9.17) is 21.3 Å². The summed E-state index contributed by atoms with van der Waals surface area (Å²) >= 11 is 6.30. The molecular weight excluding hydrogens is 539 g/mol. The van der Waals surface area contributed by atoms with E-state index in [2.05, 4.69) is 15.2 Å². The lowest BCUT2D eigenvalue weighted by molar-refractivity contribution is -0.130. The van der Waals surface area contributed by atoms with Gasteiger partial charge in [0.2, 0.25) is 11.9 Å². The summed E-state index contributed by atoms with van der Waals surface area (Å²) in [6.45, 7) is 2.18. The third kappa shape index (κ3) is 5.85. The van der Waals surface area contributed by atoms with Crippen molar-refractivity contribution in [2.24, 2.45) is 0 Å². The molecule has 4 heterocycles. The van der Waals surface area contributed by atoms with Gasteiger partial charge in [-0.05, 0) is 69.2 Å². The first-order chi connectivity index (χ1) is 18.6. The Morgan fingerprint density at radius 1 is 1.00 bits per heavy atom. The van der Waals surface area contributed by atoms with Gasteiger partial charge in [-0.2, -0.15) is 0 Å². The van der Waals surface area contributed by atoms with Crippen LogP contribution >= 0.6 is 24.0 Å². The SMILES string of the molecule is Cl.O=C1CCCN1C1CCC(Nc2nccc(-c3cn(C4CCOCC4)c(=O)n3-c3cccc(Cl)c3)n2)CC1. The fourth-order valence-corrected chi connectivity index (χ4v) is 6.26. The van der Waals surface area contributed by atoms with Crippen LogP contribution in [0.15, 0.2) is 47.5 Å². The van der Waals surface area contributed by atoms with Crippen LogP contribution in [-0.4, -0.2) is 61.8 Å². The van der Waals surface area contributed by atoms with Gasteiger partial charge < -0.3 is 15.0 Å². The maximum atomic E-state index is 13.7. The summed E-state index contributed by atoms with van der Waals surface area (Å²) in [5.74, 6) is 0.850. The third-order valence-corrected chi connectivity index (χ3v) is 8.30. The summed E-state index contributed by atoms with van der Waals surface area (Å²) in [6.07, 6.45) is 10.8. The van der Waals surface area contributed by atoms with Gasteiger partial charge in [0.05, 0.1) is 17.1 Å². The topological polar surface area (TPSA) is 94.3 Å². The normalized spacial score (nSPS) is 22.1. The van der Waals surface area contributed by atoms with Gasteiger partial charge in [-0.1, -0.05) is 17.7 Å². The Bertz CT molecular complexity index is 1360. The van der Waals surface area contributed by atoms with Gasteiger partial charge in [-0.3, -0.25) is 13.9 Å². The summed E-state index contributed by atoms with van der Waals surface area (Å²) in [5, 5.41) is 4.07. The van der Waals surface area contributed by atoms with Crippen molar-refractivity contribution in [1.82, 2.24) is 24.0 Å². The molecular formula is C28H34Cl2N6O3. The first-order valence-corrected chi connectivity index (χ1v) is 14.0. The highest BCUT2D eigenvalue weighted by molar-refractivity contribution is 6.30. The van der Waals surface area contributed by atoms with E-state index in [1.54, 1.807) is 22.9 Å². The number of hydrogen-bond donors (Lipinski definition) is 1. The molecule has 3 fully saturated rings. The van der Waals surface area contributed by atoms with Crippen molar-refractivity contribution in [1.29, 1.82) is 0 Å². The number of hydrogen-bond acceptors (Lipinski definition) is 6. The number of nitrogens with zero attached hydrogens (tertiary/aromatic N) is 5. The second kappa shape index (κ2) is 12.1. The van der Waals surface area contributed by atoms with E-state index in [-0.39, 0.29) is 30.2 Å². The second-order valence-corrected chi connectivity index (χ2v) is 10.9. The van der Waals surface area contributed by atoms with Crippen LogP contribution < -0.4 is 11.0 Å². The number of carbonyl (C=O) groups excluding carboxylic acids is 1. The van der Waals surface area contributed by atoms with E-state index >= 15 is 0 Å². The van der Waals surface area contributed by atoms with Gasteiger partial charge in [0.1, 0.15) is 0 Å². The molecule has 1 aromatic carbocycles. The van der Waals surface area contributed by atoms with Crippen molar-refractivity contribution in [2.45, 2.75) is 69.5 Å². The molecule has 2 saturated heterocycles. The molecule has 0 atom stereocenters. The number of carbonyl (C=O) groups is 1.